The molecule has 0 aromatic carbocycles. The Bertz CT molecular complexity index is 382. The maximum atomic E-state index is 11.9. The van der Waals surface area contributed by atoms with Gasteiger partial charge in [0.25, 0.3) is 5.91 Å². The van der Waals surface area contributed by atoms with Gasteiger partial charge in [-0.2, -0.15) is 0 Å². The molecule has 0 spiro atoms. The molecule has 5 heteroatoms. The van der Waals surface area contributed by atoms with Gasteiger partial charge in [0.1, 0.15) is 5.75 Å². The number of thiophene rings is 1. The lowest BCUT2D eigenvalue weighted by molar-refractivity contribution is 0.0858. The highest BCUT2D eigenvalue weighted by atomic mass is 35.5. The number of methoxy groups -OCH3 is 1. The van der Waals surface area contributed by atoms with Gasteiger partial charge in [-0.05, 0) is 19.3 Å². The Kier molecular flexibility index (Phi) is 3.40. The lowest BCUT2D eigenvalue weighted by atomic mass is 9.78. The molecule has 88 valence electrons. The van der Waals surface area contributed by atoms with E-state index in [4.69, 9.17) is 16.3 Å². The zero-order valence-electron chi connectivity index (χ0n) is 9.09. The van der Waals surface area contributed by atoms with Gasteiger partial charge in [-0.3, -0.25) is 4.79 Å². The zero-order valence-corrected chi connectivity index (χ0v) is 10.7. The summed E-state index contributed by atoms with van der Waals surface area (Å²) in [5.74, 6) is 1.17. The van der Waals surface area contributed by atoms with Gasteiger partial charge in [-0.25, -0.2) is 0 Å². The van der Waals surface area contributed by atoms with Gasteiger partial charge in [0.2, 0.25) is 0 Å². The number of alkyl halides is 1. The van der Waals surface area contributed by atoms with Gasteiger partial charge >= 0.3 is 0 Å². The molecule has 0 bridgehead atoms. The van der Waals surface area contributed by atoms with E-state index in [1.165, 1.54) is 11.3 Å². The standard InChI is InChI=1S/C11H14ClNO2S/c1-15-8-5-9(16-6-8)10(14)13-11(7-12)3-2-4-11/h5-6H,2-4,7H2,1H3,(H,13,14). The van der Waals surface area contributed by atoms with Crippen molar-refractivity contribution in [3.63, 3.8) is 0 Å². The Hall–Kier alpha value is -0.740. The minimum atomic E-state index is -0.171. The second-order valence-electron chi connectivity index (χ2n) is 4.07. The fourth-order valence-corrected chi connectivity index (χ4v) is 2.83. The normalized spacial score (nSPS) is 17.6. The van der Waals surface area contributed by atoms with Crippen LogP contribution in [-0.4, -0.2) is 24.4 Å². The van der Waals surface area contributed by atoms with Crippen LogP contribution in [0.2, 0.25) is 0 Å². The number of carbonyl (C=O) groups is 1. The highest BCUT2D eigenvalue weighted by Crippen LogP contribution is 2.33. The maximum absolute atomic E-state index is 11.9. The highest BCUT2D eigenvalue weighted by Gasteiger charge is 2.37. The SMILES string of the molecule is COc1csc(C(=O)NC2(CCl)CCC2)c1. The number of carbonyl (C=O) groups excluding carboxylic acids is 1. The van der Waals surface area contributed by atoms with Crippen molar-refractivity contribution in [2.75, 3.05) is 13.0 Å². The van der Waals surface area contributed by atoms with Crippen LogP contribution in [0.25, 0.3) is 0 Å². The van der Waals surface area contributed by atoms with E-state index >= 15 is 0 Å². The van der Waals surface area contributed by atoms with Crippen LogP contribution in [0.3, 0.4) is 0 Å². The first-order chi connectivity index (χ1) is 7.69. The second-order valence-corrected chi connectivity index (χ2v) is 5.25. The number of nitrogens with one attached hydrogen (secondary N) is 1. The molecule has 1 aliphatic carbocycles. The molecule has 1 N–H and O–H groups in total. The smallest absolute Gasteiger partial charge is 0.261 e. The quantitative estimate of drug-likeness (QED) is 0.845. The van der Waals surface area contributed by atoms with Crippen LogP contribution in [-0.2, 0) is 0 Å². The summed E-state index contributed by atoms with van der Waals surface area (Å²) in [6.45, 7) is 0. The van der Waals surface area contributed by atoms with E-state index in [1.807, 2.05) is 5.38 Å². The first-order valence-corrected chi connectivity index (χ1v) is 6.61. The minimum absolute atomic E-state index is 0.0475. The van der Waals surface area contributed by atoms with Crippen LogP contribution >= 0.6 is 22.9 Å². The Morgan fingerprint density at radius 2 is 2.44 bits per heavy atom. The summed E-state index contributed by atoms with van der Waals surface area (Å²) >= 11 is 7.28. The van der Waals surface area contributed by atoms with Gasteiger partial charge in [0, 0.05) is 17.3 Å². The lowest BCUT2D eigenvalue weighted by Crippen LogP contribution is -2.54. The van der Waals surface area contributed by atoms with Crippen LogP contribution in [0.15, 0.2) is 11.4 Å². The Morgan fingerprint density at radius 1 is 1.69 bits per heavy atom. The Labute approximate surface area is 104 Å². The van der Waals surface area contributed by atoms with Crippen molar-refractivity contribution in [1.29, 1.82) is 0 Å². The summed E-state index contributed by atoms with van der Waals surface area (Å²) in [5, 5.41) is 4.84. The van der Waals surface area contributed by atoms with Crippen molar-refractivity contribution < 1.29 is 9.53 Å². The van der Waals surface area contributed by atoms with Crippen LogP contribution in [0.1, 0.15) is 28.9 Å². The van der Waals surface area contributed by atoms with Crippen LogP contribution in [0, 0.1) is 0 Å². The molecule has 1 aromatic rings. The third-order valence-corrected chi connectivity index (χ3v) is 4.40. The third kappa shape index (κ3) is 2.18. The first-order valence-electron chi connectivity index (χ1n) is 5.20. The van der Waals surface area contributed by atoms with Crippen LogP contribution in [0.4, 0.5) is 0 Å². The fraction of sp³-hybridized carbons (Fsp3) is 0.545. The number of hydrogen-bond donors (Lipinski definition) is 1. The molecule has 1 heterocycles. The lowest BCUT2D eigenvalue weighted by Gasteiger charge is -2.40. The van der Waals surface area contributed by atoms with Crippen molar-refractivity contribution in [3.8, 4) is 5.75 Å². The zero-order chi connectivity index (χ0) is 11.6. The van der Waals surface area contributed by atoms with E-state index in [-0.39, 0.29) is 11.4 Å². The average molecular weight is 260 g/mol. The van der Waals surface area contributed by atoms with E-state index in [1.54, 1.807) is 13.2 Å². The third-order valence-electron chi connectivity index (χ3n) is 2.98. The van der Waals surface area contributed by atoms with Crippen molar-refractivity contribution >= 4 is 28.8 Å². The number of rotatable bonds is 4. The summed E-state index contributed by atoms with van der Waals surface area (Å²) in [6.07, 6.45) is 3.09. The number of hydrogen-bond acceptors (Lipinski definition) is 3. The van der Waals surface area contributed by atoms with Gasteiger partial charge in [-0.1, -0.05) is 0 Å². The average Bonchev–Trinajstić information content (AvgIpc) is 2.71. The van der Waals surface area contributed by atoms with Gasteiger partial charge in [0.05, 0.1) is 17.5 Å². The number of halogens is 1. The molecule has 0 aliphatic heterocycles. The van der Waals surface area contributed by atoms with E-state index in [2.05, 4.69) is 5.32 Å². The van der Waals surface area contributed by atoms with E-state index < -0.39 is 0 Å². The van der Waals surface area contributed by atoms with Gasteiger partial charge < -0.3 is 10.1 Å². The van der Waals surface area contributed by atoms with Crippen molar-refractivity contribution in [2.45, 2.75) is 24.8 Å². The fourth-order valence-electron chi connectivity index (χ4n) is 1.74. The van der Waals surface area contributed by atoms with Crippen molar-refractivity contribution in [3.05, 3.63) is 16.3 Å². The Morgan fingerprint density at radius 3 is 2.88 bits per heavy atom. The van der Waals surface area contributed by atoms with Gasteiger partial charge in [0.15, 0.2) is 0 Å². The van der Waals surface area contributed by atoms with E-state index in [0.29, 0.717) is 10.8 Å². The molecule has 0 unspecified atom stereocenters. The predicted octanol–water partition coefficient (Wildman–Crippen LogP) is 2.65. The number of amides is 1. The molecule has 2 rings (SSSR count). The van der Waals surface area contributed by atoms with Gasteiger partial charge in [-0.15, -0.1) is 22.9 Å². The molecule has 0 saturated heterocycles. The highest BCUT2D eigenvalue weighted by molar-refractivity contribution is 7.12. The summed E-state index contributed by atoms with van der Waals surface area (Å²) in [7, 11) is 1.59. The second kappa shape index (κ2) is 4.63. The predicted molar refractivity (Wildman–Crippen MR) is 65.6 cm³/mol. The summed E-state index contributed by atoms with van der Waals surface area (Å²) in [4.78, 5) is 12.6. The first kappa shape index (κ1) is 11.7. The maximum Gasteiger partial charge on any atom is 0.261 e. The molecule has 3 nitrogen and oxygen atoms in total. The largest absolute Gasteiger partial charge is 0.496 e. The van der Waals surface area contributed by atoms with Crippen LogP contribution < -0.4 is 10.1 Å². The monoisotopic (exact) mass is 259 g/mol. The van der Waals surface area contributed by atoms with Crippen molar-refractivity contribution in [1.82, 2.24) is 5.32 Å². The molecule has 1 amide bonds. The summed E-state index contributed by atoms with van der Waals surface area (Å²) in [5.41, 5.74) is -0.171. The molecular formula is C11H14ClNO2S. The number of ether oxygens (including phenoxy) is 1. The molecule has 16 heavy (non-hydrogen) atoms. The summed E-state index contributed by atoms with van der Waals surface area (Å²) < 4.78 is 5.05. The molecule has 0 radical (unpaired) electrons. The van der Waals surface area contributed by atoms with E-state index in [0.717, 1.165) is 25.0 Å². The molecule has 0 atom stereocenters. The molecule has 1 aliphatic rings. The molecule has 1 aromatic heterocycles. The molecule has 1 saturated carbocycles. The topological polar surface area (TPSA) is 38.3 Å². The molecular weight excluding hydrogens is 246 g/mol. The minimum Gasteiger partial charge on any atom is -0.496 e. The Balaban J connectivity index is 2.02. The van der Waals surface area contributed by atoms with E-state index in [9.17, 15) is 4.79 Å². The molecule has 1 fully saturated rings. The summed E-state index contributed by atoms with van der Waals surface area (Å²) in [6, 6.07) is 1.75. The van der Waals surface area contributed by atoms with Crippen LogP contribution in [0.5, 0.6) is 5.75 Å². The van der Waals surface area contributed by atoms with Crippen molar-refractivity contribution in [2.24, 2.45) is 0 Å².